The fourth-order valence-corrected chi connectivity index (χ4v) is 2.34. The molecule has 0 radical (unpaired) electrons. The molecule has 2 nitrogen and oxygen atoms in total. The van der Waals surface area contributed by atoms with Gasteiger partial charge in [0, 0.05) is 10.8 Å². The molecule has 0 atom stereocenters. The van der Waals surface area contributed by atoms with E-state index in [1.165, 1.54) is 5.01 Å². The molecule has 0 fully saturated rings. The van der Waals surface area contributed by atoms with E-state index < -0.39 is 0 Å². The van der Waals surface area contributed by atoms with E-state index in [9.17, 15) is 0 Å². The molecule has 76 valence electrons. The second-order valence-electron chi connectivity index (χ2n) is 3.66. The van der Waals surface area contributed by atoms with Crippen molar-refractivity contribution < 1.29 is 0 Å². The summed E-state index contributed by atoms with van der Waals surface area (Å²) in [5.41, 5.74) is 1.14. The number of rotatable bonds is 4. The minimum atomic E-state index is 0.475. The molecule has 0 N–H and O–H groups in total. The van der Waals surface area contributed by atoms with E-state index in [2.05, 4.69) is 31.8 Å². The van der Waals surface area contributed by atoms with Crippen LogP contribution in [-0.2, 0) is 12.8 Å². The maximum atomic E-state index is 8.69. The zero-order valence-corrected chi connectivity index (χ0v) is 9.82. The fourth-order valence-electron chi connectivity index (χ4n) is 1.29. The Morgan fingerprint density at radius 1 is 1.50 bits per heavy atom. The Hall–Kier alpha value is -0.880. The predicted octanol–water partition coefficient (Wildman–Crippen LogP) is 3.29. The number of aromatic nitrogens is 1. The SMILES string of the molecule is CCCc1nc(C(C)C)sc1CC#N. The third kappa shape index (κ3) is 2.55. The smallest absolute Gasteiger partial charge is 0.0956 e. The highest BCUT2D eigenvalue weighted by atomic mass is 32.1. The molecule has 0 aromatic carbocycles. The summed E-state index contributed by atoms with van der Waals surface area (Å²) < 4.78 is 0. The second kappa shape index (κ2) is 5.11. The summed E-state index contributed by atoms with van der Waals surface area (Å²) in [6, 6.07) is 2.21. The van der Waals surface area contributed by atoms with Crippen LogP contribution >= 0.6 is 11.3 Å². The van der Waals surface area contributed by atoms with Crippen LogP contribution in [0.25, 0.3) is 0 Å². The van der Waals surface area contributed by atoms with E-state index in [0.29, 0.717) is 12.3 Å². The van der Waals surface area contributed by atoms with Gasteiger partial charge in [-0.25, -0.2) is 4.98 Å². The van der Waals surface area contributed by atoms with Crippen molar-refractivity contribution in [2.75, 3.05) is 0 Å². The van der Waals surface area contributed by atoms with Gasteiger partial charge in [0.2, 0.25) is 0 Å². The minimum Gasteiger partial charge on any atom is -0.246 e. The summed E-state index contributed by atoms with van der Waals surface area (Å²) >= 11 is 1.70. The molecule has 0 saturated heterocycles. The second-order valence-corrected chi connectivity index (χ2v) is 4.78. The third-order valence-electron chi connectivity index (χ3n) is 2.02. The van der Waals surface area contributed by atoms with Crippen LogP contribution in [0, 0.1) is 11.3 Å². The van der Waals surface area contributed by atoms with Gasteiger partial charge in [0.15, 0.2) is 0 Å². The van der Waals surface area contributed by atoms with Crippen LogP contribution in [0.4, 0.5) is 0 Å². The van der Waals surface area contributed by atoms with Crippen LogP contribution in [-0.4, -0.2) is 4.98 Å². The van der Waals surface area contributed by atoms with Gasteiger partial charge in [0.1, 0.15) is 0 Å². The number of aryl methyl sites for hydroxylation is 1. The summed E-state index contributed by atoms with van der Waals surface area (Å²) in [7, 11) is 0. The molecule has 1 aromatic heterocycles. The van der Waals surface area contributed by atoms with E-state index in [4.69, 9.17) is 5.26 Å². The van der Waals surface area contributed by atoms with E-state index in [1.54, 1.807) is 11.3 Å². The van der Waals surface area contributed by atoms with Gasteiger partial charge >= 0.3 is 0 Å². The van der Waals surface area contributed by atoms with Crippen molar-refractivity contribution >= 4 is 11.3 Å². The first-order valence-electron chi connectivity index (χ1n) is 5.04. The normalized spacial score (nSPS) is 10.5. The van der Waals surface area contributed by atoms with Crippen molar-refractivity contribution in [3.8, 4) is 6.07 Å². The van der Waals surface area contributed by atoms with E-state index >= 15 is 0 Å². The number of hydrogen-bond acceptors (Lipinski definition) is 3. The standard InChI is InChI=1S/C11H16N2S/c1-4-5-9-10(6-7-12)14-11(13-9)8(2)3/h8H,4-6H2,1-3H3. The lowest BCUT2D eigenvalue weighted by atomic mass is 10.2. The van der Waals surface area contributed by atoms with Crippen molar-refractivity contribution in [2.45, 2.75) is 46.0 Å². The van der Waals surface area contributed by atoms with Crippen molar-refractivity contribution in [2.24, 2.45) is 0 Å². The number of nitrogens with zero attached hydrogens (tertiary/aromatic N) is 2. The first kappa shape index (κ1) is 11.2. The Kier molecular flexibility index (Phi) is 4.09. The largest absolute Gasteiger partial charge is 0.246 e. The van der Waals surface area contributed by atoms with E-state index in [-0.39, 0.29) is 0 Å². The summed E-state index contributed by atoms with van der Waals surface area (Å²) in [4.78, 5) is 5.75. The van der Waals surface area contributed by atoms with Gasteiger partial charge in [-0.15, -0.1) is 11.3 Å². The van der Waals surface area contributed by atoms with Gasteiger partial charge in [-0.2, -0.15) is 5.26 Å². The summed E-state index contributed by atoms with van der Waals surface area (Å²) in [5, 5.41) is 9.85. The lowest BCUT2D eigenvalue weighted by Gasteiger charge is -1.95. The summed E-state index contributed by atoms with van der Waals surface area (Å²) in [6.45, 7) is 6.43. The van der Waals surface area contributed by atoms with Gasteiger partial charge in [-0.05, 0) is 6.42 Å². The molecule has 1 aromatic rings. The Morgan fingerprint density at radius 2 is 2.21 bits per heavy atom. The van der Waals surface area contributed by atoms with Crippen molar-refractivity contribution in [3.63, 3.8) is 0 Å². The maximum absolute atomic E-state index is 8.69. The Balaban J connectivity index is 2.94. The minimum absolute atomic E-state index is 0.475. The number of hydrogen-bond donors (Lipinski definition) is 0. The van der Waals surface area contributed by atoms with Gasteiger partial charge in [0.05, 0.1) is 23.2 Å². The number of thiazole rings is 1. The summed E-state index contributed by atoms with van der Waals surface area (Å²) in [6.07, 6.45) is 2.61. The van der Waals surface area contributed by atoms with Crippen LogP contribution in [0.3, 0.4) is 0 Å². The van der Waals surface area contributed by atoms with Crippen molar-refractivity contribution in [1.82, 2.24) is 4.98 Å². The van der Waals surface area contributed by atoms with Crippen LogP contribution in [0.2, 0.25) is 0 Å². The van der Waals surface area contributed by atoms with Gasteiger partial charge in [0.25, 0.3) is 0 Å². The molecule has 3 heteroatoms. The van der Waals surface area contributed by atoms with Crippen LogP contribution in [0.5, 0.6) is 0 Å². The average molecular weight is 208 g/mol. The van der Waals surface area contributed by atoms with Crippen molar-refractivity contribution in [1.29, 1.82) is 5.26 Å². The molecule has 0 aliphatic rings. The molecule has 0 aliphatic carbocycles. The maximum Gasteiger partial charge on any atom is 0.0956 e. The first-order chi connectivity index (χ1) is 6.69. The molecule has 14 heavy (non-hydrogen) atoms. The van der Waals surface area contributed by atoms with Crippen LogP contribution in [0.1, 0.15) is 48.7 Å². The molecule has 0 bridgehead atoms. The van der Waals surface area contributed by atoms with Gasteiger partial charge in [-0.3, -0.25) is 0 Å². The first-order valence-corrected chi connectivity index (χ1v) is 5.86. The monoisotopic (exact) mass is 208 g/mol. The molecule has 0 spiro atoms. The van der Waals surface area contributed by atoms with Gasteiger partial charge < -0.3 is 0 Å². The molecular formula is C11H16N2S. The zero-order valence-electron chi connectivity index (χ0n) is 9.00. The topological polar surface area (TPSA) is 36.7 Å². The van der Waals surface area contributed by atoms with Crippen LogP contribution in [0.15, 0.2) is 0 Å². The molecule has 0 unspecified atom stereocenters. The zero-order chi connectivity index (χ0) is 10.6. The number of nitriles is 1. The average Bonchev–Trinajstić information content (AvgIpc) is 2.50. The highest BCUT2D eigenvalue weighted by molar-refractivity contribution is 7.11. The predicted molar refractivity (Wildman–Crippen MR) is 59.5 cm³/mol. The molecule has 0 amide bonds. The Labute approximate surface area is 89.6 Å². The molecule has 0 aliphatic heterocycles. The van der Waals surface area contributed by atoms with Crippen LogP contribution < -0.4 is 0 Å². The van der Waals surface area contributed by atoms with E-state index in [1.807, 2.05) is 0 Å². The van der Waals surface area contributed by atoms with Crippen molar-refractivity contribution in [3.05, 3.63) is 15.6 Å². The molecule has 1 heterocycles. The Bertz CT molecular complexity index is 334. The quantitative estimate of drug-likeness (QED) is 0.761. The Morgan fingerprint density at radius 3 is 2.71 bits per heavy atom. The summed E-state index contributed by atoms with van der Waals surface area (Å²) in [5.74, 6) is 0.475. The van der Waals surface area contributed by atoms with Gasteiger partial charge in [-0.1, -0.05) is 27.2 Å². The molecule has 1 rings (SSSR count). The third-order valence-corrected chi connectivity index (χ3v) is 3.41. The highest BCUT2D eigenvalue weighted by Crippen LogP contribution is 2.25. The molecule has 0 saturated carbocycles. The lowest BCUT2D eigenvalue weighted by Crippen LogP contribution is -1.90. The lowest BCUT2D eigenvalue weighted by molar-refractivity contribution is 0.818. The fraction of sp³-hybridized carbons (Fsp3) is 0.636. The molecular weight excluding hydrogens is 192 g/mol. The van der Waals surface area contributed by atoms with E-state index in [0.717, 1.165) is 23.4 Å². The highest BCUT2D eigenvalue weighted by Gasteiger charge is 2.12.